The molecular weight excluding hydrogens is 306 g/mol. The molecule has 1 unspecified atom stereocenters. The Morgan fingerprint density at radius 3 is 3.00 bits per heavy atom. The van der Waals surface area contributed by atoms with Crippen molar-refractivity contribution in [3.8, 4) is 0 Å². The number of piperidine rings is 1. The van der Waals surface area contributed by atoms with E-state index in [0.29, 0.717) is 6.10 Å². The van der Waals surface area contributed by atoms with Crippen LogP contribution in [0.2, 0.25) is 0 Å². The van der Waals surface area contributed by atoms with Crippen LogP contribution < -0.4 is 4.90 Å². The van der Waals surface area contributed by atoms with Crippen molar-refractivity contribution >= 4 is 21.7 Å². The molecule has 5 heteroatoms. The molecule has 1 aromatic rings. The first-order valence-corrected chi connectivity index (χ1v) is 7.92. The summed E-state index contributed by atoms with van der Waals surface area (Å²) in [5.74, 6) is 1.91. The lowest BCUT2D eigenvalue weighted by atomic mass is 10.1. The molecule has 1 aromatic heterocycles. The summed E-state index contributed by atoms with van der Waals surface area (Å²) in [6, 6.07) is 2.00. The molecule has 19 heavy (non-hydrogen) atoms. The minimum Gasteiger partial charge on any atom is -0.376 e. The molecular formula is C14H22BrN3O. The number of anilines is 1. The molecule has 0 aromatic carbocycles. The third-order valence-electron chi connectivity index (χ3n) is 3.30. The molecule has 1 aliphatic rings. The van der Waals surface area contributed by atoms with E-state index in [1.807, 2.05) is 6.07 Å². The second-order valence-corrected chi connectivity index (χ2v) is 5.71. The molecule has 4 nitrogen and oxygen atoms in total. The fourth-order valence-corrected chi connectivity index (χ4v) is 2.75. The van der Waals surface area contributed by atoms with Crippen LogP contribution in [0.4, 0.5) is 5.82 Å². The summed E-state index contributed by atoms with van der Waals surface area (Å²) in [6.45, 7) is 7.07. The number of hydrogen-bond donors (Lipinski definition) is 0. The zero-order valence-electron chi connectivity index (χ0n) is 11.7. The van der Waals surface area contributed by atoms with Gasteiger partial charge >= 0.3 is 0 Å². The predicted octanol–water partition coefficient (Wildman–Crippen LogP) is 3.20. The van der Waals surface area contributed by atoms with Crippen molar-refractivity contribution in [3.05, 3.63) is 16.5 Å². The van der Waals surface area contributed by atoms with E-state index in [1.54, 1.807) is 0 Å². The third-order valence-corrected chi connectivity index (χ3v) is 3.71. The van der Waals surface area contributed by atoms with Gasteiger partial charge in [-0.25, -0.2) is 9.97 Å². The van der Waals surface area contributed by atoms with Crippen molar-refractivity contribution in [2.24, 2.45) is 0 Å². The average Bonchev–Trinajstić information content (AvgIpc) is 2.44. The maximum Gasteiger partial charge on any atom is 0.133 e. The van der Waals surface area contributed by atoms with Crippen LogP contribution in [0.3, 0.4) is 0 Å². The van der Waals surface area contributed by atoms with Crippen molar-refractivity contribution in [2.45, 2.75) is 45.6 Å². The Balaban J connectivity index is 2.06. The van der Waals surface area contributed by atoms with E-state index >= 15 is 0 Å². The Kier molecular flexibility index (Phi) is 5.58. The first-order chi connectivity index (χ1) is 9.22. The van der Waals surface area contributed by atoms with E-state index in [0.717, 1.165) is 61.6 Å². The monoisotopic (exact) mass is 327 g/mol. The van der Waals surface area contributed by atoms with Gasteiger partial charge in [-0.05, 0) is 35.2 Å². The van der Waals surface area contributed by atoms with E-state index in [2.05, 4.69) is 44.6 Å². The Labute approximate surface area is 123 Å². The summed E-state index contributed by atoms with van der Waals surface area (Å²) in [5, 5.41) is 0. The van der Waals surface area contributed by atoms with E-state index in [4.69, 9.17) is 4.74 Å². The molecule has 1 saturated heterocycles. The van der Waals surface area contributed by atoms with E-state index in [1.165, 1.54) is 0 Å². The van der Waals surface area contributed by atoms with Crippen molar-refractivity contribution in [1.29, 1.82) is 0 Å². The molecule has 0 spiro atoms. The van der Waals surface area contributed by atoms with Crippen LogP contribution in [0.1, 0.15) is 38.9 Å². The Bertz CT molecular complexity index is 414. The number of halogens is 1. The van der Waals surface area contributed by atoms with Crippen LogP contribution in [0.25, 0.3) is 0 Å². The van der Waals surface area contributed by atoms with Gasteiger partial charge in [-0.15, -0.1) is 0 Å². The molecule has 106 valence electrons. The van der Waals surface area contributed by atoms with Crippen LogP contribution in [-0.4, -0.2) is 35.8 Å². The molecule has 0 N–H and O–H groups in total. The van der Waals surface area contributed by atoms with Crippen LogP contribution in [0, 0.1) is 0 Å². The van der Waals surface area contributed by atoms with Gasteiger partial charge < -0.3 is 9.64 Å². The lowest BCUT2D eigenvalue weighted by molar-refractivity contribution is 0.0439. The Morgan fingerprint density at radius 1 is 1.42 bits per heavy atom. The van der Waals surface area contributed by atoms with Crippen LogP contribution >= 0.6 is 15.9 Å². The normalized spacial score (nSPS) is 19.7. The number of aromatic nitrogens is 2. The molecule has 1 fully saturated rings. The fraction of sp³-hybridized carbons (Fsp3) is 0.714. The minimum atomic E-state index is 0.340. The van der Waals surface area contributed by atoms with Gasteiger partial charge in [0.15, 0.2) is 0 Å². The van der Waals surface area contributed by atoms with Gasteiger partial charge in [0.25, 0.3) is 0 Å². The number of nitrogens with zero attached hydrogens (tertiary/aromatic N) is 3. The highest BCUT2D eigenvalue weighted by atomic mass is 79.9. The first kappa shape index (κ1) is 14.7. The topological polar surface area (TPSA) is 38.2 Å². The quantitative estimate of drug-likeness (QED) is 0.778. The summed E-state index contributed by atoms with van der Waals surface area (Å²) in [5.41, 5.74) is 0. The Morgan fingerprint density at radius 2 is 2.26 bits per heavy atom. The summed E-state index contributed by atoms with van der Waals surface area (Å²) < 4.78 is 6.74. The lowest BCUT2D eigenvalue weighted by Crippen LogP contribution is -2.40. The van der Waals surface area contributed by atoms with Crippen LogP contribution in [0.5, 0.6) is 0 Å². The number of ether oxygens (including phenoxy) is 1. The minimum absolute atomic E-state index is 0.340. The molecule has 0 bridgehead atoms. The van der Waals surface area contributed by atoms with Gasteiger partial charge in [0.1, 0.15) is 16.2 Å². The number of hydrogen-bond acceptors (Lipinski definition) is 4. The van der Waals surface area contributed by atoms with Crippen LogP contribution in [0.15, 0.2) is 10.7 Å². The van der Waals surface area contributed by atoms with Gasteiger partial charge in [0.05, 0.1) is 6.10 Å². The second kappa shape index (κ2) is 7.20. The molecule has 1 aliphatic heterocycles. The molecule has 0 amide bonds. The van der Waals surface area contributed by atoms with Gasteiger partial charge in [0.2, 0.25) is 0 Å². The standard InChI is InChI=1S/C14H22BrN3O/c1-3-8-19-11-6-5-7-18(10-11)14-9-12(15)16-13(4-2)17-14/h9,11H,3-8,10H2,1-2H3. The molecule has 2 rings (SSSR count). The second-order valence-electron chi connectivity index (χ2n) is 4.90. The largest absolute Gasteiger partial charge is 0.376 e. The smallest absolute Gasteiger partial charge is 0.133 e. The van der Waals surface area contributed by atoms with Crippen LogP contribution in [-0.2, 0) is 11.2 Å². The van der Waals surface area contributed by atoms with Crippen molar-refractivity contribution in [2.75, 3.05) is 24.6 Å². The lowest BCUT2D eigenvalue weighted by Gasteiger charge is -2.33. The van der Waals surface area contributed by atoms with Gasteiger partial charge in [-0.3, -0.25) is 0 Å². The highest BCUT2D eigenvalue weighted by Crippen LogP contribution is 2.22. The van der Waals surface area contributed by atoms with Gasteiger partial charge in [0, 0.05) is 32.2 Å². The summed E-state index contributed by atoms with van der Waals surface area (Å²) in [7, 11) is 0. The van der Waals surface area contributed by atoms with Crippen molar-refractivity contribution < 1.29 is 4.74 Å². The SMILES string of the molecule is CCCOC1CCCN(c2cc(Br)nc(CC)n2)C1. The van der Waals surface area contributed by atoms with Gasteiger partial charge in [-0.2, -0.15) is 0 Å². The summed E-state index contributed by atoms with van der Waals surface area (Å²) >= 11 is 3.47. The summed E-state index contributed by atoms with van der Waals surface area (Å²) in [6.07, 6.45) is 4.60. The molecule has 1 atom stereocenters. The zero-order valence-corrected chi connectivity index (χ0v) is 13.3. The van der Waals surface area contributed by atoms with Gasteiger partial charge in [-0.1, -0.05) is 13.8 Å². The third kappa shape index (κ3) is 4.14. The van der Waals surface area contributed by atoms with Crippen molar-refractivity contribution in [1.82, 2.24) is 9.97 Å². The Hall–Kier alpha value is -0.680. The average molecular weight is 328 g/mol. The highest BCUT2D eigenvalue weighted by molar-refractivity contribution is 9.10. The van der Waals surface area contributed by atoms with E-state index in [-0.39, 0.29) is 0 Å². The number of aryl methyl sites for hydroxylation is 1. The fourth-order valence-electron chi connectivity index (χ4n) is 2.34. The van der Waals surface area contributed by atoms with E-state index < -0.39 is 0 Å². The zero-order chi connectivity index (χ0) is 13.7. The highest BCUT2D eigenvalue weighted by Gasteiger charge is 2.21. The maximum absolute atomic E-state index is 5.87. The molecule has 0 radical (unpaired) electrons. The first-order valence-electron chi connectivity index (χ1n) is 7.13. The number of rotatable bonds is 5. The maximum atomic E-state index is 5.87. The predicted molar refractivity (Wildman–Crippen MR) is 80.6 cm³/mol. The molecule has 0 aliphatic carbocycles. The van der Waals surface area contributed by atoms with E-state index in [9.17, 15) is 0 Å². The molecule has 0 saturated carbocycles. The molecule has 2 heterocycles. The van der Waals surface area contributed by atoms with Crippen molar-refractivity contribution in [3.63, 3.8) is 0 Å². The summed E-state index contributed by atoms with van der Waals surface area (Å²) in [4.78, 5) is 11.3.